The third-order valence-corrected chi connectivity index (χ3v) is 5.39. The molecule has 1 N–H and O–H groups in total. The summed E-state index contributed by atoms with van der Waals surface area (Å²) in [6.45, 7) is 2.27. The second-order valence-electron chi connectivity index (χ2n) is 8.01. The number of unbranched alkanes of at least 4 members (excludes halogenated alkanes) is 11. The van der Waals surface area contributed by atoms with Crippen LogP contribution in [-0.4, -0.2) is 16.9 Å². The Kier molecular flexibility index (Phi) is 14.2. The van der Waals surface area contributed by atoms with E-state index in [0.29, 0.717) is 18.4 Å². The molecule has 28 heavy (non-hydrogen) atoms. The maximum atomic E-state index is 12.0. The van der Waals surface area contributed by atoms with E-state index in [4.69, 9.17) is 5.11 Å². The molecule has 0 amide bonds. The van der Waals surface area contributed by atoms with E-state index in [-0.39, 0.29) is 12.2 Å². The monoisotopic (exact) mass is 388 g/mol. The van der Waals surface area contributed by atoms with Crippen molar-refractivity contribution in [3.63, 3.8) is 0 Å². The van der Waals surface area contributed by atoms with Crippen LogP contribution < -0.4 is 0 Å². The minimum atomic E-state index is -0.842. The molecule has 3 nitrogen and oxygen atoms in total. The van der Waals surface area contributed by atoms with Gasteiger partial charge < -0.3 is 5.11 Å². The van der Waals surface area contributed by atoms with Gasteiger partial charge in [-0.25, -0.2) is 0 Å². The van der Waals surface area contributed by atoms with Crippen LogP contribution in [0, 0.1) is 0 Å². The van der Waals surface area contributed by atoms with Gasteiger partial charge in [0.25, 0.3) is 0 Å². The first kappa shape index (κ1) is 24.4. The maximum Gasteiger partial charge on any atom is 0.303 e. The van der Waals surface area contributed by atoms with Crippen molar-refractivity contribution in [1.29, 1.82) is 0 Å². The number of hydrogen-bond acceptors (Lipinski definition) is 2. The van der Waals surface area contributed by atoms with E-state index in [1.807, 2.05) is 24.3 Å². The van der Waals surface area contributed by atoms with Crippen LogP contribution in [0.2, 0.25) is 0 Å². The number of Topliss-reactive ketones (excluding diaryl/α,β-unsaturated/α-hetero) is 1. The van der Waals surface area contributed by atoms with E-state index in [1.54, 1.807) is 0 Å². The Hall–Kier alpha value is -1.64. The molecule has 0 heterocycles. The molecule has 0 aliphatic carbocycles. The van der Waals surface area contributed by atoms with E-state index in [9.17, 15) is 9.59 Å². The van der Waals surface area contributed by atoms with Crippen LogP contribution in [0.4, 0.5) is 0 Å². The Balaban J connectivity index is 2.02. The number of carboxylic acids is 1. The van der Waals surface area contributed by atoms with E-state index < -0.39 is 5.97 Å². The van der Waals surface area contributed by atoms with Crippen LogP contribution in [-0.2, 0) is 11.2 Å². The number of carbonyl (C=O) groups is 2. The molecule has 0 spiro atoms. The summed E-state index contributed by atoms with van der Waals surface area (Å²) in [6.07, 6.45) is 18.2. The summed E-state index contributed by atoms with van der Waals surface area (Å²) in [5, 5.41) is 8.63. The number of benzene rings is 1. The molecule has 0 radical (unpaired) electrons. The zero-order valence-electron chi connectivity index (χ0n) is 17.9. The van der Waals surface area contributed by atoms with Crippen molar-refractivity contribution in [2.45, 2.75) is 110 Å². The first-order valence-corrected chi connectivity index (χ1v) is 11.5. The van der Waals surface area contributed by atoms with Gasteiger partial charge in [0.05, 0.1) is 0 Å². The zero-order valence-corrected chi connectivity index (χ0v) is 17.9. The van der Waals surface area contributed by atoms with Gasteiger partial charge in [0.2, 0.25) is 0 Å². The Morgan fingerprint density at radius 1 is 0.679 bits per heavy atom. The molecule has 1 aromatic rings. The average Bonchev–Trinajstić information content (AvgIpc) is 2.69. The normalized spacial score (nSPS) is 10.9. The molecule has 0 aromatic heterocycles. The first-order chi connectivity index (χ1) is 13.6. The molecule has 3 heteroatoms. The average molecular weight is 389 g/mol. The van der Waals surface area contributed by atoms with E-state index >= 15 is 0 Å². The molecule has 158 valence electrons. The molecule has 0 fully saturated rings. The third kappa shape index (κ3) is 12.7. The SMILES string of the molecule is CCCCCCCCCCCCCCc1ccc(C(=O)CCCC(=O)O)cc1. The lowest BCUT2D eigenvalue weighted by Gasteiger charge is -2.05. The van der Waals surface area contributed by atoms with Crippen molar-refractivity contribution in [3.05, 3.63) is 35.4 Å². The highest BCUT2D eigenvalue weighted by atomic mass is 16.4. The van der Waals surface area contributed by atoms with Crippen LogP contribution >= 0.6 is 0 Å². The molecule has 0 unspecified atom stereocenters. The summed E-state index contributed by atoms with van der Waals surface area (Å²) in [5.74, 6) is -0.802. The summed E-state index contributed by atoms with van der Waals surface area (Å²) in [6, 6.07) is 7.86. The van der Waals surface area contributed by atoms with Crippen molar-refractivity contribution in [1.82, 2.24) is 0 Å². The number of ketones is 1. The minimum Gasteiger partial charge on any atom is -0.481 e. The largest absolute Gasteiger partial charge is 0.481 e. The van der Waals surface area contributed by atoms with Crippen molar-refractivity contribution < 1.29 is 14.7 Å². The Labute approximate surface area is 171 Å². The standard InChI is InChI=1S/C25H40O3/c1-2-3-4-5-6-7-8-9-10-11-12-13-15-22-18-20-23(21-19-22)24(26)16-14-17-25(27)28/h18-21H,2-17H2,1H3,(H,27,28). The summed E-state index contributed by atoms with van der Waals surface area (Å²) in [4.78, 5) is 22.5. The van der Waals surface area contributed by atoms with E-state index in [1.165, 1.54) is 82.6 Å². The smallest absolute Gasteiger partial charge is 0.303 e. The zero-order chi connectivity index (χ0) is 20.5. The molecule has 1 aromatic carbocycles. The van der Waals surface area contributed by atoms with Crippen LogP contribution in [0.5, 0.6) is 0 Å². The fourth-order valence-electron chi connectivity index (χ4n) is 3.57. The van der Waals surface area contributed by atoms with Gasteiger partial charge in [-0.15, -0.1) is 0 Å². The third-order valence-electron chi connectivity index (χ3n) is 5.39. The summed E-state index contributed by atoms with van der Waals surface area (Å²) in [5.41, 5.74) is 1.98. The number of hydrogen-bond donors (Lipinski definition) is 1. The topological polar surface area (TPSA) is 54.4 Å². The molecular weight excluding hydrogens is 348 g/mol. The lowest BCUT2D eigenvalue weighted by molar-refractivity contribution is -0.137. The van der Waals surface area contributed by atoms with Crippen molar-refractivity contribution in [2.24, 2.45) is 0 Å². The number of carboxylic acid groups (broad SMARTS) is 1. The van der Waals surface area contributed by atoms with Crippen LogP contribution in [0.15, 0.2) is 24.3 Å². The number of aryl methyl sites for hydroxylation is 1. The molecule has 0 aliphatic rings. The Bertz CT molecular complexity index is 533. The highest BCUT2D eigenvalue weighted by Crippen LogP contribution is 2.14. The second kappa shape index (κ2) is 16.3. The number of aliphatic carboxylic acids is 1. The molecule has 0 bridgehead atoms. The first-order valence-electron chi connectivity index (χ1n) is 11.5. The maximum absolute atomic E-state index is 12.0. The van der Waals surface area contributed by atoms with Crippen LogP contribution in [0.1, 0.15) is 119 Å². The minimum absolute atomic E-state index is 0.0400. The summed E-state index contributed by atoms with van der Waals surface area (Å²) in [7, 11) is 0. The summed E-state index contributed by atoms with van der Waals surface area (Å²) < 4.78 is 0. The molecule has 0 aliphatic heterocycles. The molecular formula is C25H40O3. The van der Waals surface area contributed by atoms with Gasteiger partial charge in [0.1, 0.15) is 0 Å². The molecule has 1 rings (SSSR count). The predicted molar refractivity (Wildman–Crippen MR) is 117 cm³/mol. The van der Waals surface area contributed by atoms with Crippen molar-refractivity contribution >= 4 is 11.8 Å². The number of rotatable bonds is 18. The Morgan fingerprint density at radius 2 is 1.18 bits per heavy atom. The lowest BCUT2D eigenvalue weighted by atomic mass is 10.0. The quantitative estimate of drug-likeness (QED) is 0.211. The Morgan fingerprint density at radius 3 is 1.68 bits per heavy atom. The van der Waals surface area contributed by atoms with E-state index in [0.717, 1.165) is 6.42 Å². The van der Waals surface area contributed by atoms with Crippen LogP contribution in [0.25, 0.3) is 0 Å². The van der Waals surface area contributed by atoms with Gasteiger partial charge in [-0.2, -0.15) is 0 Å². The fraction of sp³-hybridized carbons (Fsp3) is 0.680. The van der Waals surface area contributed by atoms with Crippen LogP contribution in [0.3, 0.4) is 0 Å². The second-order valence-corrected chi connectivity index (χ2v) is 8.01. The van der Waals surface area contributed by atoms with Gasteiger partial charge in [0.15, 0.2) is 5.78 Å². The lowest BCUT2D eigenvalue weighted by Crippen LogP contribution is -2.02. The van der Waals surface area contributed by atoms with Gasteiger partial charge in [-0.3, -0.25) is 9.59 Å². The van der Waals surface area contributed by atoms with E-state index in [2.05, 4.69) is 6.92 Å². The molecule has 0 saturated carbocycles. The molecule has 0 atom stereocenters. The van der Waals surface area contributed by atoms with Gasteiger partial charge in [-0.1, -0.05) is 102 Å². The number of carbonyl (C=O) groups excluding carboxylic acids is 1. The highest BCUT2D eigenvalue weighted by molar-refractivity contribution is 5.96. The summed E-state index contributed by atoms with van der Waals surface area (Å²) >= 11 is 0. The predicted octanol–water partition coefficient (Wildman–Crippen LogP) is 7.37. The van der Waals surface area contributed by atoms with Crippen molar-refractivity contribution in [3.8, 4) is 0 Å². The van der Waals surface area contributed by atoms with Gasteiger partial charge in [0, 0.05) is 18.4 Å². The van der Waals surface area contributed by atoms with Gasteiger partial charge in [-0.05, 0) is 24.8 Å². The highest BCUT2D eigenvalue weighted by Gasteiger charge is 2.07. The fourth-order valence-corrected chi connectivity index (χ4v) is 3.57. The molecule has 0 saturated heterocycles. The van der Waals surface area contributed by atoms with Gasteiger partial charge >= 0.3 is 5.97 Å². The van der Waals surface area contributed by atoms with Crippen molar-refractivity contribution in [2.75, 3.05) is 0 Å².